The molecule has 1 N–H and O–H groups in total. The van der Waals surface area contributed by atoms with Crippen molar-refractivity contribution in [2.45, 2.75) is 13.0 Å². The normalized spacial score (nSPS) is 18.5. The number of piperazine rings is 1. The average Bonchev–Trinajstić information content (AvgIpc) is 2.79. The Morgan fingerprint density at radius 1 is 1.28 bits per heavy atom. The first-order chi connectivity index (χ1) is 15.4. The first-order valence-corrected chi connectivity index (χ1v) is 10.6. The molecule has 1 aromatic carbocycles. The van der Waals surface area contributed by atoms with Gasteiger partial charge in [-0.05, 0) is 32.2 Å². The van der Waals surface area contributed by atoms with Crippen LogP contribution in [0.3, 0.4) is 0 Å². The SMILES string of the molecule is C[C@H]1COc2c(N3CCN(C)CC3)c(F)cc3c(=O)c(C(=O)Nc4cccnc4)cn1c23. The summed E-state index contributed by atoms with van der Waals surface area (Å²) < 4.78 is 23.2. The molecule has 0 saturated carbocycles. The lowest BCUT2D eigenvalue weighted by molar-refractivity contribution is 0.102. The second kappa shape index (κ2) is 7.90. The number of nitrogens with zero attached hydrogens (tertiary/aromatic N) is 4. The Kier molecular flexibility index (Phi) is 5.05. The Balaban J connectivity index is 1.65. The quantitative estimate of drug-likeness (QED) is 0.678. The number of aromatic nitrogens is 2. The Morgan fingerprint density at radius 3 is 2.78 bits per heavy atom. The monoisotopic (exact) mass is 437 g/mol. The minimum absolute atomic E-state index is 0.0483. The van der Waals surface area contributed by atoms with Crippen molar-refractivity contribution >= 4 is 28.2 Å². The van der Waals surface area contributed by atoms with E-state index in [1.807, 2.05) is 23.4 Å². The molecule has 166 valence electrons. The standard InChI is InChI=1S/C23H24FN5O3/c1-14-13-32-22-19-16(10-18(24)20(22)28-8-6-27(2)7-9-28)21(30)17(12-29(14)19)23(31)26-15-4-3-5-25-11-15/h3-5,10-12,14H,6-9,13H2,1-2H3,(H,26,31)/t14-/m0/s1. The minimum atomic E-state index is -0.558. The van der Waals surface area contributed by atoms with Crippen LogP contribution < -0.4 is 20.4 Å². The fourth-order valence-electron chi connectivity index (χ4n) is 4.33. The second-order valence-corrected chi connectivity index (χ2v) is 8.36. The van der Waals surface area contributed by atoms with Crippen molar-refractivity contribution in [2.24, 2.45) is 0 Å². The lowest BCUT2D eigenvalue weighted by atomic mass is 10.0. The molecule has 0 bridgehead atoms. The topological polar surface area (TPSA) is 79.7 Å². The lowest BCUT2D eigenvalue weighted by Crippen LogP contribution is -2.45. The molecule has 0 radical (unpaired) electrons. The fourth-order valence-corrected chi connectivity index (χ4v) is 4.33. The number of nitrogens with one attached hydrogen (secondary N) is 1. The number of pyridine rings is 2. The number of rotatable bonds is 3. The van der Waals surface area contributed by atoms with Gasteiger partial charge in [-0.1, -0.05) is 0 Å². The number of amides is 1. The van der Waals surface area contributed by atoms with Gasteiger partial charge in [0.2, 0.25) is 5.43 Å². The highest BCUT2D eigenvalue weighted by Crippen LogP contribution is 2.42. The minimum Gasteiger partial charge on any atom is -0.487 e. The number of carbonyl (C=O) groups excluding carboxylic acids is 1. The van der Waals surface area contributed by atoms with Crippen LogP contribution in [0.2, 0.25) is 0 Å². The summed E-state index contributed by atoms with van der Waals surface area (Å²) in [6.07, 6.45) is 4.64. The molecule has 2 aliphatic heterocycles. The van der Waals surface area contributed by atoms with Gasteiger partial charge in [-0.25, -0.2) is 4.39 Å². The summed E-state index contributed by atoms with van der Waals surface area (Å²) in [5.74, 6) is -0.698. The zero-order valence-corrected chi connectivity index (χ0v) is 18.0. The van der Waals surface area contributed by atoms with Crippen LogP contribution in [0.25, 0.3) is 10.9 Å². The van der Waals surface area contributed by atoms with E-state index in [0.29, 0.717) is 42.3 Å². The number of ether oxygens (including phenoxy) is 1. The molecule has 1 atom stereocenters. The molecular weight excluding hydrogens is 413 g/mol. The largest absolute Gasteiger partial charge is 0.487 e. The number of hydrogen-bond acceptors (Lipinski definition) is 6. The van der Waals surface area contributed by atoms with E-state index >= 15 is 4.39 Å². The van der Waals surface area contributed by atoms with Crippen LogP contribution in [0, 0.1) is 5.82 Å². The van der Waals surface area contributed by atoms with E-state index in [1.54, 1.807) is 24.5 Å². The maximum Gasteiger partial charge on any atom is 0.261 e. The molecule has 1 amide bonds. The molecule has 3 aromatic rings. The van der Waals surface area contributed by atoms with Gasteiger partial charge in [-0.2, -0.15) is 0 Å². The maximum atomic E-state index is 15.4. The first-order valence-electron chi connectivity index (χ1n) is 10.6. The molecule has 1 saturated heterocycles. The molecular formula is C23H24FN5O3. The molecule has 9 heteroatoms. The summed E-state index contributed by atoms with van der Waals surface area (Å²) >= 11 is 0. The highest BCUT2D eigenvalue weighted by atomic mass is 19.1. The van der Waals surface area contributed by atoms with Crippen molar-refractivity contribution in [1.82, 2.24) is 14.5 Å². The van der Waals surface area contributed by atoms with Crippen LogP contribution in [0.4, 0.5) is 15.8 Å². The van der Waals surface area contributed by atoms with Crippen LogP contribution in [0.1, 0.15) is 23.3 Å². The summed E-state index contributed by atoms with van der Waals surface area (Å²) in [5.41, 5.74) is 0.817. The van der Waals surface area contributed by atoms with Gasteiger partial charge in [-0.15, -0.1) is 0 Å². The van der Waals surface area contributed by atoms with Gasteiger partial charge >= 0.3 is 0 Å². The maximum absolute atomic E-state index is 15.4. The Hall–Kier alpha value is -3.46. The zero-order valence-electron chi connectivity index (χ0n) is 18.0. The molecule has 5 rings (SSSR count). The van der Waals surface area contributed by atoms with E-state index in [0.717, 1.165) is 13.1 Å². The summed E-state index contributed by atoms with van der Waals surface area (Å²) in [6.45, 7) is 5.22. The van der Waals surface area contributed by atoms with Gasteiger partial charge in [0.15, 0.2) is 11.6 Å². The van der Waals surface area contributed by atoms with Gasteiger partial charge < -0.3 is 24.4 Å². The lowest BCUT2D eigenvalue weighted by Gasteiger charge is -2.37. The Labute approximate surface area is 184 Å². The number of halogens is 1. The Bertz CT molecular complexity index is 1250. The molecule has 0 aliphatic carbocycles. The predicted octanol–water partition coefficient (Wildman–Crippen LogP) is 2.49. The van der Waals surface area contributed by atoms with Crippen molar-refractivity contribution in [3.8, 4) is 5.75 Å². The van der Waals surface area contributed by atoms with E-state index in [-0.39, 0.29) is 17.0 Å². The van der Waals surface area contributed by atoms with Crippen LogP contribution in [0.5, 0.6) is 5.75 Å². The van der Waals surface area contributed by atoms with Crippen LogP contribution in [-0.4, -0.2) is 60.2 Å². The number of anilines is 2. The highest BCUT2D eigenvalue weighted by molar-refractivity contribution is 6.06. The summed E-state index contributed by atoms with van der Waals surface area (Å²) in [7, 11) is 2.03. The number of benzene rings is 1. The second-order valence-electron chi connectivity index (χ2n) is 8.36. The van der Waals surface area contributed by atoms with Crippen molar-refractivity contribution in [3.05, 3.63) is 58.4 Å². The summed E-state index contributed by atoms with van der Waals surface area (Å²) in [6, 6.07) is 4.49. The molecule has 2 aliphatic rings. The van der Waals surface area contributed by atoms with E-state index < -0.39 is 17.2 Å². The molecule has 4 heterocycles. The highest BCUT2D eigenvalue weighted by Gasteiger charge is 2.31. The molecule has 8 nitrogen and oxygen atoms in total. The third-order valence-corrected chi connectivity index (χ3v) is 6.13. The molecule has 0 spiro atoms. The third-order valence-electron chi connectivity index (χ3n) is 6.13. The first kappa shape index (κ1) is 20.4. The van der Waals surface area contributed by atoms with E-state index in [2.05, 4.69) is 15.2 Å². The van der Waals surface area contributed by atoms with E-state index in [9.17, 15) is 9.59 Å². The van der Waals surface area contributed by atoms with Gasteiger partial charge in [-0.3, -0.25) is 14.6 Å². The van der Waals surface area contributed by atoms with Crippen LogP contribution >= 0.6 is 0 Å². The van der Waals surface area contributed by atoms with Gasteiger partial charge in [0, 0.05) is 38.6 Å². The van der Waals surface area contributed by atoms with E-state index in [1.165, 1.54) is 12.3 Å². The van der Waals surface area contributed by atoms with Crippen molar-refractivity contribution in [1.29, 1.82) is 0 Å². The smallest absolute Gasteiger partial charge is 0.261 e. The molecule has 2 aromatic heterocycles. The van der Waals surface area contributed by atoms with Gasteiger partial charge in [0.1, 0.15) is 17.9 Å². The average molecular weight is 437 g/mol. The molecule has 1 fully saturated rings. The molecule has 32 heavy (non-hydrogen) atoms. The summed E-state index contributed by atoms with van der Waals surface area (Å²) in [4.78, 5) is 34.3. The van der Waals surface area contributed by atoms with Crippen LogP contribution in [-0.2, 0) is 0 Å². The van der Waals surface area contributed by atoms with Gasteiger partial charge in [0.25, 0.3) is 5.91 Å². The van der Waals surface area contributed by atoms with Crippen LogP contribution in [0.15, 0.2) is 41.6 Å². The fraction of sp³-hybridized carbons (Fsp3) is 0.348. The van der Waals surface area contributed by atoms with Gasteiger partial charge in [0.05, 0.1) is 28.8 Å². The Morgan fingerprint density at radius 2 is 2.06 bits per heavy atom. The third kappa shape index (κ3) is 3.38. The van der Waals surface area contributed by atoms with Crippen molar-refractivity contribution < 1.29 is 13.9 Å². The predicted molar refractivity (Wildman–Crippen MR) is 120 cm³/mol. The van der Waals surface area contributed by atoms with Crippen molar-refractivity contribution in [3.63, 3.8) is 0 Å². The van der Waals surface area contributed by atoms with Crippen molar-refractivity contribution in [2.75, 3.05) is 50.1 Å². The van der Waals surface area contributed by atoms with E-state index in [4.69, 9.17) is 4.74 Å². The number of likely N-dealkylation sites (N-methyl/N-ethyl adjacent to an activating group) is 1. The zero-order chi connectivity index (χ0) is 22.4. The number of hydrogen-bond donors (Lipinski definition) is 1. The number of carbonyl (C=O) groups is 1. The molecule has 0 unspecified atom stereocenters. The summed E-state index contributed by atoms with van der Waals surface area (Å²) in [5, 5.41) is 2.83.